The van der Waals surface area contributed by atoms with Crippen molar-refractivity contribution >= 4 is 40.7 Å². The molecule has 1 aromatic carbocycles. The Labute approximate surface area is 194 Å². The van der Waals surface area contributed by atoms with Crippen LogP contribution in [-0.4, -0.2) is 32.4 Å². The molecule has 0 atom stereocenters. The zero-order valence-corrected chi connectivity index (χ0v) is 18.6. The number of anilines is 2. The van der Waals surface area contributed by atoms with Crippen molar-refractivity contribution in [1.29, 1.82) is 0 Å². The second kappa shape index (κ2) is 8.95. The number of hydrogen-bond donors (Lipinski definition) is 2. The van der Waals surface area contributed by atoms with Gasteiger partial charge in [0.2, 0.25) is 5.91 Å². The van der Waals surface area contributed by atoms with E-state index in [1.54, 1.807) is 53.3 Å². The molecule has 33 heavy (non-hydrogen) atoms. The molecule has 0 radical (unpaired) electrons. The van der Waals surface area contributed by atoms with Gasteiger partial charge in [-0.05, 0) is 55.5 Å². The highest BCUT2D eigenvalue weighted by molar-refractivity contribution is 7.98. The van der Waals surface area contributed by atoms with Gasteiger partial charge < -0.3 is 19.8 Å². The number of aromatic nitrogens is 3. The highest BCUT2D eigenvalue weighted by Crippen LogP contribution is 2.30. The van der Waals surface area contributed by atoms with Crippen molar-refractivity contribution in [1.82, 2.24) is 14.4 Å². The molecule has 3 aromatic heterocycles. The van der Waals surface area contributed by atoms with Crippen molar-refractivity contribution < 1.29 is 14.3 Å². The minimum absolute atomic E-state index is 0.0182. The molecule has 1 aliphatic carbocycles. The van der Waals surface area contributed by atoms with Crippen molar-refractivity contribution in [2.24, 2.45) is 5.92 Å². The van der Waals surface area contributed by atoms with E-state index in [0.29, 0.717) is 39.2 Å². The third-order valence-corrected chi connectivity index (χ3v) is 5.87. The first-order valence-corrected chi connectivity index (χ1v) is 11.7. The average Bonchev–Trinajstić information content (AvgIpc) is 3.60. The fourth-order valence-corrected chi connectivity index (χ4v) is 3.91. The minimum atomic E-state index is -0.231. The molecule has 1 saturated carbocycles. The number of carbonyl (C=O) groups is 2. The van der Waals surface area contributed by atoms with Gasteiger partial charge in [0, 0.05) is 23.9 Å². The van der Waals surface area contributed by atoms with Gasteiger partial charge in [-0.3, -0.25) is 9.59 Å². The normalized spacial score (nSPS) is 13.0. The first-order valence-electron chi connectivity index (χ1n) is 10.5. The summed E-state index contributed by atoms with van der Waals surface area (Å²) in [6.45, 7) is 0. The third kappa shape index (κ3) is 4.83. The van der Waals surface area contributed by atoms with Crippen LogP contribution in [0.3, 0.4) is 0 Å². The van der Waals surface area contributed by atoms with Gasteiger partial charge in [0.05, 0.1) is 18.0 Å². The molecule has 166 valence electrons. The predicted octanol–water partition coefficient (Wildman–Crippen LogP) is 4.84. The number of nitrogens with one attached hydrogen (secondary N) is 2. The van der Waals surface area contributed by atoms with E-state index in [4.69, 9.17) is 4.74 Å². The monoisotopic (exact) mass is 459 g/mol. The summed E-state index contributed by atoms with van der Waals surface area (Å²) in [6.07, 6.45) is 8.99. The quantitative estimate of drug-likeness (QED) is 0.384. The summed E-state index contributed by atoms with van der Waals surface area (Å²) in [4.78, 5) is 33.3. The van der Waals surface area contributed by atoms with Gasteiger partial charge in [0.15, 0.2) is 5.82 Å². The van der Waals surface area contributed by atoms with Gasteiger partial charge in [-0.1, -0.05) is 6.07 Å². The molecule has 5 rings (SSSR count). The molecule has 0 spiro atoms. The molecule has 8 nitrogen and oxygen atoms in total. The number of nitrogens with zero attached hydrogens (tertiary/aromatic N) is 3. The van der Waals surface area contributed by atoms with Crippen LogP contribution in [0.25, 0.3) is 5.65 Å². The summed E-state index contributed by atoms with van der Waals surface area (Å²) in [7, 11) is 0. The van der Waals surface area contributed by atoms with Crippen molar-refractivity contribution in [2.45, 2.75) is 17.9 Å². The lowest BCUT2D eigenvalue weighted by molar-refractivity contribution is -0.117. The first-order chi connectivity index (χ1) is 16.1. The van der Waals surface area contributed by atoms with Crippen LogP contribution in [0.4, 0.5) is 11.5 Å². The van der Waals surface area contributed by atoms with Crippen LogP contribution in [0.5, 0.6) is 11.5 Å². The predicted molar refractivity (Wildman–Crippen MR) is 127 cm³/mol. The zero-order valence-electron chi connectivity index (χ0n) is 17.8. The molecule has 1 aliphatic rings. The number of rotatable bonds is 7. The highest BCUT2D eigenvalue weighted by Gasteiger charge is 2.30. The maximum absolute atomic E-state index is 12.7. The van der Waals surface area contributed by atoms with E-state index in [1.807, 2.05) is 24.5 Å². The number of thioether (sulfide) groups is 1. The van der Waals surface area contributed by atoms with E-state index in [-0.39, 0.29) is 17.7 Å². The highest BCUT2D eigenvalue weighted by atomic mass is 32.2. The number of amides is 2. The Bertz CT molecular complexity index is 1350. The SMILES string of the molecule is CSc1ncccc1C(=O)Nc1cccc(Oc2ccc3nc(NC(=O)C4CC4)cn3c2)c1. The Morgan fingerprint density at radius 3 is 2.76 bits per heavy atom. The van der Waals surface area contributed by atoms with E-state index < -0.39 is 0 Å². The molecule has 0 aliphatic heterocycles. The zero-order chi connectivity index (χ0) is 22.8. The second-order valence-corrected chi connectivity index (χ2v) is 8.46. The third-order valence-electron chi connectivity index (χ3n) is 5.16. The molecular formula is C24H21N5O3S. The summed E-state index contributed by atoms with van der Waals surface area (Å²) in [5.74, 6) is 1.60. The van der Waals surface area contributed by atoms with Crippen LogP contribution in [0.1, 0.15) is 23.2 Å². The van der Waals surface area contributed by atoms with Crippen LogP contribution in [0.2, 0.25) is 0 Å². The number of imidazole rings is 1. The van der Waals surface area contributed by atoms with Crippen molar-refractivity contribution in [3.63, 3.8) is 0 Å². The van der Waals surface area contributed by atoms with Crippen LogP contribution in [0.15, 0.2) is 72.1 Å². The topological polar surface area (TPSA) is 97.6 Å². The number of hydrogen-bond acceptors (Lipinski definition) is 6. The van der Waals surface area contributed by atoms with Crippen LogP contribution >= 0.6 is 11.8 Å². The number of ether oxygens (including phenoxy) is 1. The summed E-state index contributed by atoms with van der Waals surface area (Å²) in [5.41, 5.74) is 1.84. The van der Waals surface area contributed by atoms with E-state index >= 15 is 0 Å². The van der Waals surface area contributed by atoms with Gasteiger partial charge in [-0.25, -0.2) is 9.97 Å². The lowest BCUT2D eigenvalue weighted by Gasteiger charge is -2.10. The Balaban J connectivity index is 1.29. The van der Waals surface area contributed by atoms with E-state index in [9.17, 15) is 9.59 Å². The molecule has 4 aromatic rings. The fraction of sp³-hybridized carbons (Fsp3) is 0.167. The van der Waals surface area contributed by atoms with Crippen molar-refractivity contribution in [2.75, 3.05) is 16.9 Å². The van der Waals surface area contributed by atoms with Crippen LogP contribution < -0.4 is 15.4 Å². The summed E-state index contributed by atoms with van der Waals surface area (Å²) in [6, 6.07) is 14.3. The van der Waals surface area contributed by atoms with Gasteiger partial charge in [-0.2, -0.15) is 0 Å². The standard InChI is InChI=1S/C24H21N5O3S/c1-33-24-19(6-3-11-25-24)23(31)26-16-4-2-5-17(12-16)32-18-9-10-21-27-20(14-29(21)13-18)28-22(30)15-7-8-15/h2-6,9-15H,7-8H2,1H3,(H,26,31)(H,28,30). The summed E-state index contributed by atoms with van der Waals surface area (Å²) >= 11 is 1.42. The maximum atomic E-state index is 12.7. The molecule has 0 bridgehead atoms. The Morgan fingerprint density at radius 2 is 1.94 bits per heavy atom. The van der Waals surface area contributed by atoms with Crippen molar-refractivity contribution in [3.8, 4) is 11.5 Å². The Kier molecular flexibility index (Phi) is 5.70. The minimum Gasteiger partial charge on any atom is -0.456 e. The number of pyridine rings is 2. The van der Waals surface area contributed by atoms with E-state index in [1.165, 1.54) is 11.8 Å². The van der Waals surface area contributed by atoms with Gasteiger partial charge >= 0.3 is 0 Å². The molecule has 2 N–H and O–H groups in total. The molecule has 0 saturated heterocycles. The lowest BCUT2D eigenvalue weighted by Crippen LogP contribution is -2.13. The van der Waals surface area contributed by atoms with Crippen molar-refractivity contribution in [3.05, 3.63) is 72.7 Å². The lowest BCUT2D eigenvalue weighted by atomic mass is 10.2. The summed E-state index contributed by atoms with van der Waals surface area (Å²) < 4.78 is 7.80. The fourth-order valence-electron chi connectivity index (χ4n) is 3.36. The van der Waals surface area contributed by atoms with E-state index in [2.05, 4.69) is 20.6 Å². The molecule has 1 fully saturated rings. The second-order valence-electron chi connectivity index (χ2n) is 7.66. The summed E-state index contributed by atoms with van der Waals surface area (Å²) in [5, 5.41) is 6.42. The molecule has 0 unspecified atom stereocenters. The molecule has 2 amide bonds. The number of carbonyl (C=O) groups excluding carboxylic acids is 2. The smallest absolute Gasteiger partial charge is 0.258 e. The molecule has 9 heteroatoms. The number of fused-ring (bicyclic) bond motifs is 1. The van der Waals surface area contributed by atoms with E-state index in [0.717, 1.165) is 12.8 Å². The molecular weight excluding hydrogens is 438 g/mol. The van der Waals surface area contributed by atoms with Gasteiger partial charge in [0.25, 0.3) is 5.91 Å². The van der Waals surface area contributed by atoms with Gasteiger partial charge in [0.1, 0.15) is 22.2 Å². The van der Waals surface area contributed by atoms with Crippen LogP contribution in [0, 0.1) is 5.92 Å². The molecule has 3 heterocycles. The average molecular weight is 460 g/mol. The first kappa shape index (κ1) is 21.0. The largest absolute Gasteiger partial charge is 0.456 e. The number of benzene rings is 1. The Hall–Kier alpha value is -3.85. The van der Waals surface area contributed by atoms with Crippen LogP contribution in [-0.2, 0) is 4.79 Å². The van der Waals surface area contributed by atoms with Gasteiger partial charge in [-0.15, -0.1) is 11.8 Å². The maximum Gasteiger partial charge on any atom is 0.258 e. The Morgan fingerprint density at radius 1 is 1.06 bits per heavy atom.